The van der Waals surface area contributed by atoms with Crippen molar-refractivity contribution in [3.63, 3.8) is 0 Å². The Morgan fingerprint density at radius 2 is 2.28 bits per heavy atom. The fraction of sp³-hybridized carbons (Fsp3) is 0.538. The number of aliphatic hydroxyl groups is 1. The molecule has 1 aliphatic carbocycles. The van der Waals surface area contributed by atoms with Gasteiger partial charge in [0, 0.05) is 24.5 Å². The molecule has 1 aliphatic rings. The van der Waals surface area contributed by atoms with Crippen LogP contribution in [0.15, 0.2) is 12.3 Å². The van der Waals surface area contributed by atoms with E-state index in [1.165, 1.54) is 12.6 Å². The number of aryl methyl sites for hydroxylation is 1. The summed E-state index contributed by atoms with van der Waals surface area (Å²) in [6.45, 7) is 2.33. The van der Waals surface area contributed by atoms with E-state index in [0.717, 1.165) is 18.5 Å². The number of hydrogen-bond donors (Lipinski definition) is 2. The second-order valence-electron chi connectivity index (χ2n) is 4.65. The third-order valence-corrected chi connectivity index (χ3v) is 3.42. The fourth-order valence-electron chi connectivity index (χ4n) is 2.25. The number of carboxylic acid groups (broad SMARTS) is 1. The van der Waals surface area contributed by atoms with Crippen LogP contribution in [0.2, 0.25) is 0 Å². The Kier molecular flexibility index (Phi) is 3.81. The molecule has 1 saturated carbocycles. The molecule has 0 spiro atoms. The van der Waals surface area contributed by atoms with Gasteiger partial charge >= 0.3 is 5.97 Å². The van der Waals surface area contributed by atoms with Crippen LogP contribution in [-0.4, -0.2) is 40.4 Å². The summed E-state index contributed by atoms with van der Waals surface area (Å²) in [5.41, 5.74) is 1.67. The minimum Gasteiger partial charge on any atom is -0.478 e. The molecule has 1 heterocycles. The lowest BCUT2D eigenvalue weighted by atomic mass is 9.90. The van der Waals surface area contributed by atoms with Crippen molar-refractivity contribution in [3.8, 4) is 0 Å². The van der Waals surface area contributed by atoms with E-state index >= 15 is 0 Å². The van der Waals surface area contributed by atoms with Crippen LogP contribution in [0.1, 0.15) is 35.3 Å². The van der Waals surface area contributed by atoms with Gasteiger partial charge in [0.1, 0.15) is 5.56 Å². The van der Waals surface area contributed by atoms with E-state index in [1.54, 1.807) is 6.07 Å². The molecule has 1 fully saturated rings. The Hall–Kier alpha value is -1.62. The van der Waals surface area contributed by atoms with Crippen LogP contribution in [0.4, 0.5) is 5.69 Å². The van der Waals surface area contributed by atoms with Crippen LogP contribution in [0.5, 0.6) is 0 Å². The maximum Gasteiger partial charge on any atom is 0.339 e. The first-order chi connectivity index (χ1) is 8.63. The van der Waals surface area contributed by atoms with Crippen molar-refractivity contribution in [2.24, 2.45) is 0 Å². The van der Waals surface area contributed by atoms with Gasteiger partial charge in [0.05, 0.1) is 12.3 Å². The SMILES string of the molecule is Cc1cc(N(CCO)C2CCC2)c(C(=O)O)cn1. The number of carbonyl (C=O) groups is 1. The number of hydrogen-bond acceptors (Lipinski definition) is 4. The third kappa shape index (κ3) is 2.46. The molecule has 2 rings (SSSR count). The van der Waals surface area contributed by atoms with E-state index in [0.29, 0.717) is 18.3 Å². The molecule has 18 heavy (non-hydrogen) atoms. The molecule has 0 atom stereocenters. The average Bonchev–Trinajstić information content (AvgIpc) is 2.25. The molecule has 2 N–H and O–H groups in total. The predicted octanol–water partition coefficient (Wildman–Crippen LogP) is 1.44. The Balaban J connectivity index is 2.37. The summed E-state index contributed by atoms with van der Waals surface area (Å²) in [5.74, 6) is -0.972. The molecule has 5 nitrogen and oxygen atoms in total. The highest BCUT2D eigenvalue weighted by Crippen LogP contribution is 2.31. The zero-order valence-corrected chi connectivity index (χ0v) is 10.5. The number of anilines is 1. The van der Waals surface area contributed by atoms with E-state index in [-0.39, 0.29) is 12.2 Å². The molecule has 0 unspecified atom stereocenters. The van der Waals surface area contributed by atoms with Crippen molar-refractivity contribution in [3.05, 3.63) is 23.5 Å². The lowest BCUT2D eigenvalue weighted by Gasteiger charge is -2.39. The zero-order valence-electron chi connectivity index (χ0n) is 10.5. The van der Waals surface area contributed by atoms with E-state index in [4.69, 9.17) is 5.11 Å². The monoisotopic (exact) mass is 250 g/mol. The van der Waals surface area contributed by atoms with Crippen LogP contribution in [0.25, 0.3) is 0 Å². The van der Waals surface area contributed by atoms with Gasteiger partial charge in [-0.1, -0.05) is 0 Å². The predicted molar refractivity (Wildman–Crippen MR) is 68.0 cm³/mol. The third-order valence-electron chi connectivity index (χ3n) is 3.42. The van der Waals surface area contributed by atoms with Crippen LogP contribution < -0.4 is 4.90 Å². The summed E-state index contributed by atoms with van der Waals surface area (Å²) in [6, 6.07) is 2.13. The zero-order chi connectivity index (χ0) is 13.1. The highest BCUT2D eigenvalue weighted by atomic mass is 16.4. The number of nitrogens with zero attached hydrogens (tertiary/aromatic N) is 2. The molecule has 0 aromatic carbocycles. The van der Waals surface area contributed by atoms with Gasteiger partial charge in [-0.2, -0.15) is 0 Å². The van der Waals surface area contributed by atoms with Crippen molar-refractivity contribution < 1.29 is 15.0 Å². The first-order valence-electron chi connectivity index (χ1n) is 6.21. The molecule has 0 radical (unpaired) electrons. The first-order valence-corrected chi connectivity index (χ1v) is 6.21. The maximum absolute atomic E-state index is 11.2. The van der Waals surface area contributed by atoms with Crippen LogP contribution in [0, 0.1) is 6.92 Å². The normalized spacial score (nSPS) is 15.2. The first kappa shape index (κ1) is 12.8. The maximum atomic E-state index is 11.2. The minimum atomic E-state index is -0.972. The Morgan fingerprint density at radius 1 is 1.56 bits per heavy atom. The minimum absolute atomic E-state index is 0.0247. The number of aromatic carboxylic acids is 1. The topological polar surface area (TPSA) is 73.7 Å². The molecule has 0 saturated heterocycles. The van der Waals surface area contributed by atoms with Gasteiger partial charge in [0.25, 0.3) is 0 Å². The van der Waals surface area contributed by atoms with Crippen LogP contribution in [-0.2, 0) is 0 Å². The largest absolute Gasteiger partial charge is 0.478 e. The Bertz CT molecular complexity index is 444. The Morgan fingerprint density at radius 3 is 2.78 bits per heavy atom. The van der Waals surface area contributed by atoms with Gasteiger partial charge in [-0.15, -0.1) is 0 Å². The quantitative estimate of drug-likeness (QED) is 0.827. The van der Waals surface area contributed by atoms with Crippen molar-refractivity contribution in [2.45, 2.75) is 32.2 Å². The summed E-state index contributed by atoms with van der Waals surface area (Å²) in [7, 11) is 0. The number of carboxylic acids is 1. The highest BCUT2D eigenvalue weighted by molar-refractivity contribution is 5.94. The van der Waals surface area contributed by atoms with Gasteiger partial charge in [0.2, 0.25) is 0 Å². The molecule has 0 bridgehead atoms. The average molecular weight is 250 g/mol. The van der Waals surface area contributed by atoms with E-state index in [1.807, 2.05) is 11.8 Å². The van der Waals surface area contributed by atoms with Crippen molar-refractivity contribution in [1.29, 1.82) is 0 Å². The van der Waals surface area contributed by atoms with Gasteiger partial charge in [0.15, 0.2) is 0 Å². The molecular weight excluding hydrogens is 232 g/mol. The summed E-state index contributed by atoms with van der Waals surface area (Å²) < 4.78 is 0. The fourth-order valence-corrected chi connectivity index (χ4v) is 2.25. The number of pyridine rings is 1. The molecule has 1 aromatic heterocycles. The molecule has 1 aromatic rings. The van der Waals surface area contributed by atoms with Crippen molar-refractivity contribution in [1.82, 2.24) is 4.98 Å². The van der Waals surface area contributed by atoms with Gasteiger partial charge in [-0.05, 0) is 32.3 Å². The number of aromatic nitrogens is 1. The Labute approximate surface area is 106 Å². The smallest absolute Gasteiger partial charge is 0.339 e. The number of aliphatic hydroxyl groups excluding tert-OH is 1. The van der Waals surface area contributed by atoms with Crippen LogP contribution >= 0.6 is 0 Å². The van der Waals surface area contributed by atoms with E-state index < -0.39 is 5.97 Å². The standard InChI is InChI=1S/C13H18N2O3/c1-9-7-12(11(8-14-9)13(17)18)15(5-6-16)10-3-2-4-10/h7-8,10,16H,2-6H2,1H3,(H,17,18). The summed E-state index contributed by atoms with van der Waals surface area (Å²) in [5, 5.41) is 18.4. The van der Waals surface area contributed by atoms with Crippen molar-refractivity contribution in [2.75, 3.05) is 18.1 Å². The lowest BCUT2D eigenvalue weighted by Crippen LogP contribution is -2.42. The van der Waals surface area contributed by atoms with Crippen LogP contribution in [0.3, 0.4) is 0 Å². The molecule has 0 amide bonds. The summed E-state index contributed by atoms with van der Waals surface area (Å²) >= 11 is 0. The lowest BCUT2D eigenvalue weighted by molar-refractivity contribution is 0.0696. The second-order valence-corrected chi connectivity index (χ2v) is 4.65. The highest BCUT2D eigenvalue weighted by Gasteiger charge is 2.27. The van der Waals surface area contributed by atoms with Gasteiger partial charge in [-0.25, -0.2) is 4.79 Å². The molecule has 0 aliphatic heterocycles. The summed E-state index contributed by atoms with van der Waals surface area (Å²) in [4.78, 5) is 17.3. The second kappa shape index (κ2) is 5.35. The number of rotatable bonds is 5. The molecule has 98 valence electrons. The van der Waals surface area contributed by atoms with Gasteiger partial charge in [-0.3, -0.25) is 4.98 Å². The van der Waals surface area contributed by atoms with Crippen molar-refractivity contribution >= 4 is 11.7 Å². The van der Waals surface area contributed by atoms with Gasteiger partial charge < -0.3 is 15.1 Å². The molecule has 5 heteroatoms. The van der Waals surface area contributed by atoms with E-state index in [2.05, 4.69) is 4.98 Å². The molecular formula is C13H18N2O3. The van der Waals surface area contributed by atoms with E-state index in [9.17, 15) is 9.90 Å². The summed E-state index contributed by atoms with van der Waals surface area (Å²) in [6.07, 6.45) is 4.68.